The standard InChI is InChI=1S/C13H24N2O3/c1-4-6-9-14(3)12(18)15-10-7-8-13(15,5-2)11(16)17/h4-10H2,1-3H3,(H,16,17). The Hall–Kier alpha value is -1.26. The van der Waals surface area contributed by atoms with Crippen LogP contribution in [0.25, 0.3) is 0 Å². The number of carbonyl (C=O) groups is 2. The van der Waals surface area contributed by atoms with Crippen molar-refractivity contribution >= 4 is 12.0 Å². The van der Waals surface area contributed by atoms with Gasteiger partial charge < -0.3 is 14.9 Å². The van der Waals surface area contributed by atoms with E-state index >= 15 is 0 Å². The maximum atomic E-state index is 12.3. The molecule has 1 aliphatic rings. The molecule has 2 amide bonds. The molecule has 1 heterocycles. The number of aliphatic carboxylic acids is 1. The molecule has 0 aromatic carbocycles. The maximum absolute atomic E-state index is 12.3. The molecule has 1 atom stereocenters. The number of nitrogens with zero attached hydrogens (tertiary/aromatic N) is 2. The lowest BCUT2D eigenvalue weighted by Gasteiger charge is -2.36. The minimum absolute atomic E-state index is 0.148. The zero-order valence-corrected chi connectivity index (χ0v) is 11.6. The van der Waals surface area contributed by atoms with E-state index in [4.69, 9.17) is 0 Å². The van der Waals surface area contributed by atoms with Gasteiger partial charge in [0.1, 0.15) is 5.54 Å². The van der Waals surface area contributed by atoms with E-state index in [1.807, 2.05) is 6.92 Å². The van der Waals surface area contributed by atoms with Crippen LogP contribution < -0.4 is 0 Å². The van der Waals surface area contributed by atoms with Gasteiger partial charge in [0.2, 0.25) is 0 Å². The summed E-state index contributed by atoms with van der Waals surface area (Å²) in [5.74, 6) is -0.875. The highest BCUT2D eigenvalue weighted by Gasteiger charge is 2.49. The minimum Gasteiger partial charge on any atom is -0.479 e. The van der Waals surface area contributed by atoms with Crippen molar-refractivity contribution in [2.45, 2.75) is 51.5 Å². The topological polar surface area (TPSA) is 60.9 Å². The summed E-state index contributed by atoms with van der Waals surface area (Å²) < 4.78 is 0. The first-order valence-corrected chi connectivity index (χ1v) is 6.75. The molecule has 5 heteroatoms. The molecule has 18 heavy (non-hydrogen) atoms. The Bertz CT molecular complexity index is 319. The Balaban J connectivity index is 2.80. The first kappa shape index (κ1) is 14.8. The molecular weight excluding hydrogens is 232 g/mol. The van der Waals surface area contributed by atoms with Crippen molar-refractivity contribution in [3.05, 3.63) is 0 Å². The van der Waals surface area contributed by atoms with Gasteiger partial charge in [-0.2, -0.15) is 0 Å². The second-order valence-electron chi connectivity index (χ2n) is 5.00. The molecule has 0 aromatic rings. The summed E-state index contributed by atoms with van der Waals surface area (Å²) in [4.78, 5) is 27.0. The molecular formula is C13H24N2O3. The SMILES string of the molecule is CCCCN(C)C(=O)N1CCCC1(CC)C(=O)O. The molecule has 1 unspecified atom stereocenters. The van der Waals surface area contributed by atoms with Crippen LogP contribution in [0.1, 0.15) is 46.0 Å². The summed E-state index contributed by atoms with van der Waals surface area (Å²) in [6, 6.07) is -0.148. The van der Waals surface area contributed by atoms with E-state index in [1.165, 1.54) is 0 Å². The van der Waals surface area contributed by atoms with Crippen LogP contribution in [0.5, 0.6) is 0 Å². The predicted molar refractivity (Wildman–Crippen MR) is 69.5 cm³/mol. The van der Waals surface area contributed by atoms with E-state index in [-0.39, 0.29) is 6.03 Å². The average molecular weight is 256 g/mol. The maximum Gasteiger partial charge on any atom is 0.329 e. The Morgan fingerprint density at radius 2 is 2.06 bits per heavy atom. The van der Waals surface area contributed by atoms with Gasteiger partial charge in [-0.05, 0) is 25.7 Å². The van der Waals surface area contributed by atoms with Crippen molar-refractivity contribution in [2.24, 2.45) is 0 Å². The molecule has 0 saturated carbocycles. The summed E-state index contributed by atoms with van der Waals surface area (Å²) >= 11 is 0. The van der Waals surface area contributed by atoms with Crippen LogP contribution in [0.2, 0.25) is 0 Å². The number of carboxylic acid groups (broad SMARTS) is 1. The number of likely N-dealkylation sites (tertiary alicyclic amines) is 1. The van der Waals surface area contributed by atoms with Crippen molar-refractivity contribution in [1.82, 2.24) is 9.80 Å². The third kappa shape index (κ3) is 2.60. The summed E-state index contributed by atoms with van der Waals surface area (Å²) in [5, 5.41) is 9.43. The Morgan fingerprint density at radius 3 is 2.56 bits per heavy atom. The zero-order chi connectivity index (χ0) is 13.8. The fraction of sp³-hybridized carbons (Fsp3) is 0.846. The van der Waals surface area contributed by atoms with Crippen LogP contribution >= 0.6 is 0 Å². The lowest BCUT2D eigenvalue weighted by Crippen LogP contribution is -2.56. The van der Waals surface area contributed by atoms with Gasteiger partial charge in [-0.3, -0.25) is 0 Å². The van der Waals surface area contributed by atoms with Gasteiger partial charge in [0.15, 0.2) is 0 Å². The van der Waals surface area contributed by atoms with E-state index in [1.54, 1.807) is 16.8 Å². The van der Waals surface area contributed by atoms with Gasteiger partial charge in [0, 0.05) is 20.1 Å². The molecule has 1 aliphatic heterocycles. The molecule has 0 aliphatic carbocycles. The lowest BCUT2D eigenvalue weighted by atomic mass is 9.93. The van der Waals surface area contributed by atoms with Gasteiger partial charge in [-0.1, -0.05) is 20.3 Å². The van der Waals surface area contributed by atoms with E-state index in [0.29, 0.717) is 25.9 Å². The molecule has 1 saturated heterocycles. The Kier molecular flexibility index (Phi) is 4.99. The third-order valence-electron chi connectivity index (χ3n) is 3.88. The van der Waals surface area contributed by atoms with Gasteiger partial charge >= 0.3 is 12.0 Å². The van der Waals surface area contributed by atoms with Crippen molar-refractivity contribution in [3.63, 3.8) is 0 Å². The number of carbonyl (C=O) groups excluding carboxylic acids is 1. The molecule has 1 rings (SSSR count). The average Bonchev–Trinajstić information content (AvgIpc) is 2.79. The Labute approximate surface area is 109 Å². The number of urea groups is 1. The molecule has 1 N–H and O–H groups in total. The van der Waals surface area contributed by atoms with Crippen LogP contribution in [-0.2, 0) is 4.79 Å². The third-order valence-corrected chi connectivity index (χ3v) is 3.88. The second kappa shape index (κ2) is 6.07. The van der Waals surface area contributed by atoms with E-state index in [9.17, 15) is 14.7 Å². The smallest absolute Gasteiger partial charge is 0.329 e. The number of rotatable bonds is 5. The zero-order valence-electron chi connectivity index (χ0n) is 11.6. The van der Waals surface area contributed by atoms with Crippen LogP contribution in [0, 0.1) is 0 Å². The molecule has 104 valence electrons. The predicted octanol–water partition coefficient (Wildman–Crippen LogP) is 2.17. The lowest BCUT2D eigenvalue weighted by molar-refractivity contribution is -0.148. The monoisotopic (exact) mass is 256 g/mol. The molecule has 5 nitrogen and oxygen atoms in total. The first-order valence-electron chi connectivity index (χ1n) is 6.75. The summed E-state index contributed by atoms with van der Waals surface area (Å²) in [6.07, 6.45) is 3.77. The number of carboxylic acids is 1. The molecule has 0 bridgehead atoms. The minimum atomic E-state index is -0.989. The van der Waals surface area contributed by atoms with E-state index in [2.05, 4.69) is 6.92 Å². The number of amides is 2. The largest absolute Gasteiger partial charge is 0.479 e. The van der Waals surface area contributed by atoms with Gasteiger partial charge in [-0.15, -0.1) is 0 Å². The van der Waals surface area contributed by atoms with Gasteiger partial charge in [0.25, 0.3) is 0 Å². The van der Waals surface area contributed by atoms with E-state index < -0.39 is 11.5 Å². The normalized spacial score (nSPS) is 23.2. The molecule has 0 aromatic heterocycles. The number of hydrogen-bond donors (Lipinski definition) is 1. The van der Waals surface area contributed by atoms with Crippen molar-refractivity contribution in [2.75, 3.05) is 20.1 Å². The van der Waals surface area contributed by atoms with Crippen molar-refractivity contribution in [1.29, 1.82) is 0 Å². The highest BCUT2D eigenvalue weighted by molar-refractivity contribution is 5.87. The second-order valence-corrected chi connectivity index (χ2v) is 5.00. The van der Waals surface area contributed by atoms with Gasteiger partial charge in [-0.25, -0.2) is 9.59 Å². The fourth-order valence-electron chi connectivity index (χ4n) is 2.60. The quantitative estimate of drug-likeness (QED) is 0.820. The van der Waals surface area contributed by atoms with Crippen LogP contribution in [0.15, 0.2) is 0 Å². The first-order chi connectivity index (χ1) is 8.49. The van der Waals surface area contributed by atoms with E-state index in [0.717, 1.165) is 19.3 Å². The number of unbranched alkanes of at least 4 members (excludes halogenated alkanes) is 1. The van der Waals surface area contributed by atoms with Crippen LogP contribution in [0.4, 0.5) is 4.79 Å². The summed E-state index contributed by atoms with van der Waals surface area (Å²) in [5.41, 5.74) is -0.989. The number of hydrogen-bond acceptors (Lipinski definition) is 2. The molecule has 0 spiro atoms. The highest BCUT2D eigenvalue weighted by atomic mass is 16.4. The van der Waals surface area contributed by atoms with Crippen molar-refractivity contribution in [3.8, 4) is 0 Å². The summed E-state index contributed by atoms with van der Waals surface area (Å²) in [6.45, 7) is 5.15. The highest BCUT2D eigenvalue weighted by Crippen LogP contribution is 2.33. The fourth-order valence-corrected chi connectivity index (χ4v) is 2.60. The molecule has 1 fully saturated rings. The van der Waals surface area contributed by atoms with Crippen molar-refractivity contribution < 1.29 is 14.7 Å². The van der Waals surface area contributed by atoms with Crippen LogP contribution in [0.3, 0.4) is 0 Å². The van der Waals surface area contributed by atoms with Gasteiger partial charge in [0.05, 0.1) is 0 Å². The summed E-state index contributed by atoms with van der Waals surface area (Å²) in [7, 11) is 1.75. The van der Waals surface area contributed by atoms with Crippen LogP contribution in [-0.4, -0.2) is 52.6 Å². The Morgan fingerprint density at radius 1 is 1.39 bits per heavy atom. The molecule has 0 radical (unpaired) electrons.